The van der Waals surface area contributed by atoms with E-state index in [1.807, 2.05) is 31.2 Å². The predicted octanol–water partition coefficient (Wildman–Crippen LogP) is 1.99. The van der Waals surface area contributed by atoms with E-state index in [0.717, 1.165) is 15.7 Å². The van der Waals surface area contributed by atoms with Gasteiger partial charge in [-0.05, 0) is 25.3 Å². The molecule has 0 aliphatic carbocycles. The van der Waals surface area contributed by atoms with Crippen molar-refractivity contribution in [2.45, 2.75) is 26.3 Å². The average Bonchev–Trinajstić information content (AvgIpc) is 2.65. The van der Waals surface area contributed by atoms with Gasteiger partial charge in [-0.3, -0.25) is 23.3 Å². The molecule has 2 heterocycles. The first-order valence-corrected chi connectivity index (χ1v) is 10.6. The number of rotatable bonds is 4. The molecule has 1 aliphatic heterocycles. The smallest absolute Gasteiger partial charge is 0.297 e. The van der Waals surface area contributed by atoms with Gasteiger partial charge in [0.05, 0.1) is 5.75 Å². The third kappa shape index (κ3) is 3.98. The van der Waals surface area contributed by atoms with Crippen LogP contribution in [0.5, 0.6) is 5.75 Å². The minimum atomic E-state index is -3.13. The van der Waals surface area contributed by atoms with Gasteiger partial charge in [0.15, 0.2) is 5.69 Å². The van der Waals surface area contributed by atoms with Crippen molar-refractivity contribution in [1.29, 1.82) is 0 Å². The fourth-order valence-electron chi connectivity index (χ4n) is 3.09. The molecule has 1 saturated heterocycles. The zero-order chi connectivity index (χ0) is 20.5. The van der Waals surface area contributed by atoms with Crippen LogP contribution < -0.4 is 15.2 Å². The quantitative estimate of drug-likeness (QED) is 0.609. The summed E-state index contributed by atoms with van der Waals surface area (Å²) in [6.07, 6.45) is 1.34. The molecular formula is C18H24N4O5S. The van der Waals surface area contributed by atoms with Crippen molar-refractivity contribution < 1.29 is 19.0 Å². The average molecular weight is 408 g/mol. The lowest BCUT2D eigenvalue weighted by molar-refractivity contribution is 0.0942. The van der Waals surface area contributed by atoms with Crippen LogP contribution in [0.15, 0.2) is 29.1 Å². The number of hydrogen-bond donors (Lipinski definition) is 4. The van der Waals surface area contributed by atoms with Gasteiger partial charge in [-0.1, -0.05) is 29.8 Å². The summed E-state index contributed by atoms with van der Waals surface area (Å²) in [5, 5.41) is 12.8. The third-order valence-corrected chi connectivity index (χ3v) is 6.49. The molecule has 0 radical (unpaired) electrons. The second-order valence-electron chi connectivity index (χ2n) is 6.79. The standard InChI is InChI=1S/C18H24N4O5S/c1-12-6-5-7-13(10-12)11-19-16(24)14-15(23)17(25)21(2)18(20-14)22-8-3-4-9-28(22,26)27/h5-7,10,23,26-27H,3-4,8-9,11H2,1-2H3,(H,19,24). The Morgan fingerprint density at radius 3 is 2.75 bits per heavy atom. The molecule has 152 valence electrons. The molecular weight excluding hydrogens is 384 g/mol. The van der Waals surface area contributed by atoms with E-state index in [2.05, 4.69) is 10.3 Å². The molecule has 0 bridgehead atoms. The molecule has 1 aromatic carbocycles. The molecule has 1 aliphatic rings. The number of aromatic hydroxyl groups is 1. The SMILES string of the molecule is Cc1cccc(CNC(=O)c2nc(N3CCCCS3(O)O)n(C)c(=O)c2O)c1. The summed E-state index contributed by atoms with van der Waals surface area (Å²) in [6, 6.07) is 7.55. The van der Waals surface area contributed by atoms with Gasteiger partial charge in [-0.2, -0.15) is 0 Å². The lowest BCUT2D eigenvalue weighted by Crippen LogP contribution is -2.39. The van der Waals surface area contributed by atoms with Gasteiger partial charge >= 0.3 is 0 Å². The molecule has 0 atom stereocenters. The maximum Gasteiger partial charge on any atom is 0.297 e. The summed E-state index contributed by atoms with van der Waals surface area (Å²) in [4.78, 5) is 29.1. The number of hydrogen-bond acceptors (Lipinski definition) is 7. The summed E-state index contributed by atoms with van der Waals surface area (Å²) < 4.78 is 22.9. The predicted molar refractivity (Wildman–Crippen MR) is 108 cm³/mol. The van der Waals surface area contributed by atoms with Crippen LogP contribution in [-0.4, -0.2) is 42.0 Å². The number of nitrogens with one attached hydrogen (secondary N) is 1. The highest BCUT2D eigenvalue weighted by Crippen LogP contribution is 2.48. The Labute approximate surface area is 164 Å². The van der Waals surface area contributed by atoms with Crippen molar-refractivity contribution in [3.8, 4) is 5.75 Å². The number of carbonyl (C=O) groups excluding carboxylic acids is 1. The normalized spacial score (nSPS) is 17.2. The fourth-order valence-corrected chi connectivity index (χ4v) is 4.74. The van der Waals surface area contributed by atoms with Crippen LogP contribution in [0.25, 0.3) is 0 Å². The first kappa shape index (κ1) is 20.2. The van der Waals surface area contributed by atoms with Crippen molar-refractivity contribution in [2.24, 2.45) is 7.05 Å². The van der Waals surface area contributed by atoms with E-state index in [-0.39, 0.29) is 24.8 Å². The largest absolute Gasteiger partial charge is 0.501 e. The molecule has 0 unspecified atom stereocenters. The number of aromatic nitrogens is 2. The van der Waals surface area contributed by atoms with E-state index >= 15 is 0 Å². The first-order chi connectivity index (χ1) is 13.2. The van der Waals surface area contributed by atoms with Crippen LogP contribution in [0.2, 0.25) is 0 Å². The Morgan fingerprint density at radius 2 is 2.07 bits per heavy atom. The first-order valence-electron chi connectivity index (χ1n) is 8.88. The molecule has 2 aromatic rings. The van der Waals surface area contributed by atoms with Gasteiger partial charge in [0.2, 0.25) is 11.7 Å². The molecule has 28 heavy (non-hydrogen) atoms. The summed E-state index contributed by atoms with van der Waals surface area (Å²) >= 11 is 0. The molecule has 1 amide bonds. The Morgan fingerprint density at radius 1 is 1.32 bits per heavy atom. The topological polar surface area (TPSA) is 128 Å². The highest BCUT2D eigenvalue weighted by atomic mass is 32.3. The molecule has 1 fully saturated rings. The van der Waals surface area contributed by atoms with E-state index in [0.29, 0.717) is 12.8 Å². The maximum atomic E-state index is 12.6. The van der Waals surface area contributed by atoms with Gasteiger partial charge in [0.1, 0.15) is 0 Å². The van der Waals surface area contributed by atoms with Crippen LogP contribution in [0.1, 0.15) is 34.5 Å². The molecule has 9 nitrogen and oxygen atoms in total. The van der Waals surface area contributed by atoms with Gasteiger partial charge < -0.3 is 10.4 Å². The second kappa shape index (κ2) is 7.82. The number of nitrogens with zero attached hydrogens (tertiary/aromatic N) is 3. The Hall–Kier alpha value is -2.56. The van der Waals surface area contributed by atoms with E-state index in [1.54, 1.807) is 0 Å². The molecule has 3 rings (SSSR count). The second-order valence-corrected chi connectivity index (χ2v) is 8.90. The molecule has 1 aromatic heterocycles. The summed E-state index contributed by atoms with van der Waals surface area (Å²) in [5.41, 5.74) is 0.638. The van der Waals surface area contributed by atoms with E-state index in [9.17, 15) is 23.8 Å². The highest BCUT2D eigenvalue weighted by molar-refractivity contribution is 8.25. The van der Waals surface area contributed by atoms with Crippen LogP contribution in [-0.2, 0) is 13.6 Å². The van der Waals surface area contributed by atoms with E-state index < -0.39 is 33.7 Å². The molecule has 0 saturated carbocycles. The Bertz CT molecular complexity index is 959. The van der Waals surface area contributed by atoms with Crippen LogP contribution in [0, 0.1) is 6.92 Å². The lowest BCUT2D eigenvalue weighted by Gasteiger charge is -2.46. The Balaban J connectivity index is 1.91. The Kier molecular flexibility index (Phi) is 5.64. The van der Waals surface area contributed by atoms with Gasteiger partial charge in [0.25, 0.3) is 11.5 Å². The zero-order valence-electron chi connectivity index (χ0n) is 15.8. The number of amides is 1. The highest BCUT2D eigenvalue weighted by Gasteiger charge is 2.31. The summed E-state index contributed by atoms with van der Waals surface area (Å²) in [6.45, 7) is 2.42. The fraction of sp³-hybridized carbons (Fsp3) is 0.389. The van der Waals surface area contributed by atoms with Crippen LogP contribution in [0.3, 0.4) is 0 Å². The number of benzene rings is 1. The van der Waals surface area contributed by atoms with Gasteiger partial charge in [0, 0.05) is 20.1 Å². The minimum Gasteiger partial charge on any atom is -0.501 e. The van der Waals surface area contributed by atoms with Crippen molar-refractivity contribution in [3.63, 3.8) is 0 Å². The number of anilines is 1. The third-order valence-electron chi connectivity index (χ3n) is 4.60. The molecule has 0 spiro atoms. The van der Waals surface area contributed by atoms with Crippen LogP contribution in [0.4, 0.5) is 5.95 Å². The van der Waals surface area contributed by atoms with Gasteiger partial charge in [-0.25, -0.2) is 9.29 Å². The van der Waals surface area contributed by atoms with Crippen molar-refractivity contribution in [2.75, 3.05) is 16.6 Å². The van der Waals surface area contributed by atoms with Crippen LogP contribution >= 0.6 is 10.8 Å². The summed E-state index contributed by atoms with van der Waals surface area (Å²) in [7, 11) is -1.77. The maximum absolute atomic E-state index is 12.6. The van der Waals surface area contributed by atoms with Gasteiger partial charge in [-0.15, -0.1) is 10.8 Å². The minimum absolute atomic E-state index is 0.0526. The molecule has 4 N–H and O–H groups in total. The lowest BCUT2D eigenvalue weighted by atomic mass is 10.1. The summed E-state index contributed by atoms with van der Waals surface area (Å²) in [5.74, 6) is -1.38. The van der Waals surface area contributed by atoms with E-state index in [1.165, 1.54) is 11.4 Å². The molecule has 10 heteroatoms. The van der Waals surface area contributed by atoms with Crippen molar-refractivity contribution in [3.05, 3.63) is 51.4 Å². The monoisotopic (exact) mass is 408 g/mol. The number of aryl methyl sites for hydroxylation is 1. The van der Waals surface area contributed by atoms with Crippen molar-refractivity contribution >= 4 is 22.6 Å². The number of carbonyl (C=O) groups is 1. The zero-order valence-corrected chi connectivity index (χ0v) is 16.6. The van der Waals surface area contributed by atoms with E-state index in [4.69, 9.17) is 0 Å². The van der Waals surface area contributed by atoms with Crippen molar-refractivity contribution in [1.82, 2.24) is 14.9 Å².